The second-order valence-corrected chi connectivity index (χ2v) is 8.58. The predicted octanol–water partition coefficient (Wildman–Crippen LogP) is 4.04. The van der Waals surface area contributed by atoms with Gasteiger partial charge in [-0.05, 0) is 31.2 Å². The molecular weight excluding hydrogens is 463 g/mol. The van der Waals surface area contributed by atoms with Crippen molar-refractivity contribution in [1.29, 1.82) is 0 Å². The van der Waals surface area contributed by atoms with E-state index in [1.54, 1.807) is 10.6 Å². The molecule has 1 unspecified atom stereocenters. The highest BCUT2D eigenvalue weighted by molar-refractivity contribution is 5.72. The zero-order valence-electron chi connectivity index (χ0n) is 19.0. The molecule has 0 bridgehead atoms. The first-order chi connectivity index (χ1) is 16.8. The number of halogens is 3. The van der Waals surface area contributed by atoms with E-state index < -0.39 is 11.7 Å². The molecule has 0 aliphatic carbocycles. The van der Waals surface area contributed by atoms with E-state index in [9.17, 15) is 18.0 Å². The van der Waals surface area contributed by atoms with Gasteiger partial charge in [0.2, 0.25) is 11.7 Å². The minimum Gasteiger partial charge on any atom is -0.408 e. The highest BCUT2D eigenvalue weighted by atomic mass is 19.4. The summed E-state index contributed by atoms with van der Waals surface area (Å²) in [5.41, 5.74) is 0.878. The topological polar surface area (TPSA) is 80.5 Å². The van der Waals surface area contributed by atoms with Crippen LogP contribution in [0.25, 0.3) is 22.5 Å². The minimum absolute atomic E-state index is 0.134. The number of oxazole rings is 1. The number of hydrogen-bond donors (Lipinski definition) is 0. The molecule has 1 saturated heterocycles. The number of benzene rings is 2. The molecule has 35 heavy (non-hydrogen) atoms. The van der Waals surface area contributed by atoms with Crippen LogP contribution < -0.4 is 5.76 Å². The second kappa shape index (κ2) is 9.31. The van der Waals surface area contributed by atoms with E-state index in [4.69, 9.17) is 8.94 Å². The van der Waals surface area contributed by atoms with Crippen molar-refractivity contribution in [2.75, 3.05) is 32.7 Å². The molecule has 3 heterocycles. The molecule has 0 N–H and O–H groups in total. The first-order valence-corrected chi connectivity index (χ1v) is 11.4. The molecule has 0 radical (unpaired) electrons. The summed E-state index contributed by atoms with van der Waals surface area (Å²) in [6.07, 6.45) is -4.44. The third-order valence-electron chi connectivity index (χ3n) is 6.42. The molecule has 2 aromatic carbocycles. The molecule has 0 spiro atoms. The molecular formula is C24H24F3N5O3. The highest BCUT2D eigenvalue weighted by Crippen LogP contribution is 2.32. The molecule has 2 aromatic heterocycles. The smallest absolute Gasteiger partial charge is 0.408 e. The normalized spacial score (nSPS) is 16.7. The van der Waals surface area contributed by atoms with Crippen LogP contribution in [0.15, 0.2) is 62.3 Å². The molecule has 11 heteroatoms. The Kier molecular flexibility index (Phi) is 6.20. The number of fused-ring (bicyclic) bond motifs is 1. The number of piperazine rings is 1. The Morgan fingerprint density at radius 2 is 1.80 bits per heavy atom. The van der Waals surface area contributed by atoms with E-state index in [1.807, 2.05) is 25.1 Å². The van der Waals surface area contributed by atoms with Crippen molar-refractivity contribution >= 4 is 11.1 Å². The van der Waals surface area contributed by atoms with Crippen molar-refractivity contribution in [2.45, 2.75) is 25.7 Å². The molecule has 1 aliphatic rings. The van der Waals surface area contributed by atoms with Gasteiger partial charge < -0.3 is 8.94 Å². The average Bonchev–Trinajstić information content (AvgIpc) is 3.47. The molecule has 8 nitrogen and oxygen atoms in total. The first-order valence-electron chi connectivity index (χ1n) is 11.4. The number of aromatic nitrogens is 3. The molecule has 1 fully saturated rings. The zero-order chi connectivity index (χ0) is 24.6. The number of para-hydroxylation sites is 2. The fourth-order valence-corrected chi connectivity index (χ4v) is 4.35. The third kappa shape index (κ3) is 4.87. The maximum atomic E-state index is 13.0. The summed E-state index contributed by atoms with van der Waals surface area (Å²) in [4.78, 5) is 21.0. The van der Waals surface area contributed by atoms with Crippen LogP contribution in [0.3, 0.4) is 0 Å². The first kappa shape index (κ1) is 23.3. The van der Waals surface area contributed by atoms with E-state index in [0.29, 0.717) is 24.6 Å². The Morgan fingerprint density at radius 3 is 2.57 bits per heavy atom. The van der Waals surface area contributed by atoms with Crippen molar-refractivity contribution in [2.24, 2.45) is 0 Å². The average molecular weight is 487 g/mol. The van der Waals surface area contributed by atoms with E-state index in [-0.39, 0.29) is 23.2 Å². The van der Waals surface area contributed by atoms with Crippen molar-refractivity contribution in [3.05, 3.63) is 70.5 Å². The van der Waals surface area contributed by atoms with Crippen LogP contribution in [-0.2, 0) is 12.7 Å². The van der Waals surface area contributed by atoms with Crippen molar-refractivity contribution < 1.29 is 22.1 Å². The predicted molar refractivity (Wildman–Crippen MR) is 122 cm³/mol. The highest BCUT2D eigenvalue weighted by Gasteiger charge is 2.31. The standard InChI is InChI=1S/C24H24F3N5O3/c1-16(22-28-21(29-35-22)17-5-4-6-18(15-17)24(25,26)27)31-12-9-30(10-13-31)11-14-32-19-7-2-3-8-20(19)34-23(32)33/h2-8,15-16H,9-14H2,1H3. The largest absolute Gasteiger partial charge is 0.419 e. The fourth-order valence-electron chi connectivity index (χ4n) is 4.35. The van der Waals surface area contributed by atoms with Crippen molar-refractivity contribution in [3.8, 4) is 11.4 Å². The lowest BCUT2D eigenvalue weighted by molar-refractivity contribution is -0.137. The van der Waals surface area contributed by atoms with Gasteiger partial charge in [0.15, 0.2) is 5.58 Å². The van der Waals surface area contributed by atoms with Crippen molar-refractivity contribution in [1.82, 2.24) is 24.5 Å². The third-order valence-corrected chi connectivity index (χ3v) is 6.42. The molecule has 0 amide bonds. The van der Waals surface area contributed by atoms with Gasteiger partial charge in [-0.2, -0.15) is 18.2 Å². The summed E-state index contributed by atoms with van der Waals surface area (Å²) in [5, 5.41) is 3.90. The van der Waals surface area contributed by atoms with Crippen LogP contribution >= 0.6 is 0 Å². The Balaban J connectivity index is 1.18. The lowest BCUT2D eigenvalue weighted by Crippen LogP contribution is -2.48. The van der Waals surface area contributed by atoms with Gasteiger partial charge in [-0.15, -0.1) is 0 Å². The lowest BCUT2D eigenvalue weighted by Gasteiger charge is -2.36. The Hall–Kier alpha value is -3.44. The Bertz CT molecular complexity index is 1370. The van der Waals surface area contributed by atoms with E-state index in [2.05, 4.69) is 19.9 Å². The summed E-state index contributed by atoms with van der Waals surface area (Å²) >= 11 is 0. The number of nitrogens with zero attached hydrogens (tertiary/aromatic N) is 5. The molecule has 5 rings (SSSR count). The maximum Gasteiger partial charge on any atom is 0.419 e. The summed E-state index contributed by atoms with van der Waals surface area (Å²) in [6, 6.07) is 12.1. The monoisotopic (exact) mass is 487 g/mol. The number of hydrogen-bond acceptors (Lipinski definition) is 7. The molecule has 4 aromatic rings. The van der Waals surface area contributed by atoms with Crippen LogP contribution in [-0.4, -0.2) is 57.2 Å². The maximum absolute atomic E-state index is 13.0. The van der Waals surface area contributed by atoms with Crippen LogP contribution in [0, 0.1) is 0 Å². The SMILES string of the molecule is CC(c1nc(-c2cccc(C(F)(F)F)c2)no1)N1CCN(CCn2c(=O)oc3ccccc32)CC1. The zero-order valence-corrected chi connectivity index (χ0v) is 19.0. The Morgan fingerprint density at radius 1 is 1.03 bits per heavy atom. The Labute approximate surface area is 198 Å². The molecule has 0 saturated carbocycles. The molecule has 184 valence electrons. The van der Waals surface area contributed by atoms with Crippen molar-refractivity contribution in [3.63, 3.8) is 0 Å². The lowest BCUT2D eigenvalue weighted by atomic mass is 10.1. The number of rotatable bonds is 6. The quantitative estimate of drug-likeness (QED) is 0.406. The fraction of sp³-hybridized carbons (Fsp3) is 0.375. The van der Waals surface area contributed by atoms with Gasteiger partial charge in [-0.1, -0.05) is 29.4 Å². The van der Waals surface area contributed by atoms with Gasteiger partial charge in [0.05, 0.1) is 17.1 Å². The van der Waals surface area contributed by atoms with Gasteiger partial charge in [0.1, 0.15) is 0 Å². The van der Waals surface area contributed by atoms with E-state index in [1.165, 1.54) is 12.1 Å². The van der Waals surface area contributed by atoms with Crippen LogP contribution in [0.2, 0.25) is 0 Å². The van der Waals surface area contributed by atoms with Gasteiger partial charge in [-0.3, -0.25) is 14.4 Å². The van der Waals surface area contributed by atoms with Gasteiger partial charge in [0.25, 0.3) is 0 Å². The molecule has 1 aliphatic heterocycles. The summed E-state index contributed by atoms with van der Waals surface area (Å²) in [5.74, 6) is 0.142. The minimum atomic E-state index is -4.44. The molecule has 1 atom stereocenters. The van der Waals surface area contributed by atoms with Crippen LogP contribution in [0.4, 0.5) is 13.2 Å². The summed E-state index contributed by atoms with van der Waals surface area (Å²) in [7, 11) is 0. The van der Waals surface area contributed by atoms with E-state index >= 15 is 0 Å². The van der Waals surface area contributed by atoms with Gasteiger partial charge in [-0.25, -0.2) is 4.79 Å². The van der Waals surface area contributed by atoms with E-state index in [0.717, 1.165) is 43.8 Å². The second-order valence-electron chi connectivity index (χ2n) is 8.58. The van der Waals surface area contributed by atoms with Crippen LogP contribution in [0.1, 0.15) is 24.4 Å². The van der Waals surface area contributed by atoms with Crippen LogP contribution in [0.5, 0.6) is 0 Å². The van der Waals surface area contributed by atoms with Gasteiger partial charge >= 0.3 is 11.9 Å². The number of alkyl halides is 3. The summed E-state index contributed by atoms with van der Waals surface area (Å²) < 4.78 is 51.4. The van der Waals surface area contributed by atoms with Gasteiger partial charge in [0, 0.05) is 44.8 Å². The summed E-state index contributed by atoms with van der Waals surface area (Å²) in [6.45, 7) is 6.29.